The lowest BCUT2D eigenvalue weighted by Gasteiger charge is -2.13. The van der Waals surface area contributed by atoms with Crippen molar-refractivity contribution in [3.63, 3.8) is 0 Å². The summed E-state index contributed by atoms with van der Waals surface area (Å²) in [7, 11) is 0. The lowest BCUT2D eigenvalue weighted by atomic mass is 10.2. The Labute approximate surface area is 117 Å². The van der Waals surface area contributed by atoms with Gasteiger partial charge in [0.15, 0.2) is 0 Å². The van der Waals surface area contributed by atoms with Gasteiger partial charge in [-0.15, -0.1) is 0 Å². The van der Waals surface area contributed by atoms with E-state index in [4.69, 9.17) is 11.6 Å². The van der Waals surface area contributed by atoms with Crippen LogP contribution < -0.4 is 10.6 Å². The molecule has 0 aliphatic heterocycles. The summed E-state index contributed by atoms with van der Waals surface area (Å²) in [5.74, 6) is 0.184. The van der Waals surface area contributed by atoms with E-state index in [2.05, 4.69) is 10.6 Å². The molecular formula is C14H17ClN2O2. The molecule has 2 N–H and O–H groups in total. The minimum absolute atomic E-state index is 0.00147. The van der Waals surface area contributed by atoms with Crippen molar-refractivity contribution in [2.75, 3.05) is 6.54 Å². The van der Waals surface area contributed by atoms with Crippen molar-refractivity contribution in [1.82, 2.24) is 10.6 Å². The number of carbonyl (C=O) groups excluding carboxylic acids is 2. The third-order valence-electron chi connectivity index (χ3n) is 3.23. The molecule has 1 aliphatic carbocycles. The van der Waals surface area contributed by atoms with Gasteiger partial charge in [0.1, 0.15) is 0 Å². The molecule has 4 nitrogen and oxygen atoms in total. The van der Waals surface area contributed by atoms with Gasteiger partial charge in [-0.25, -0.2) is 0 Å². The molecule has 0 bridgehead atoms. The van der Waals surface area contributed by atoms with Crippen molar-refractivity contribution in [2.24, 2.45) is 5.92 Å². The normalized spacial score (nSPS) is 15.7. The highest BCUT2D eigenvalue weighted by Gasteiger charge is 2.28. The molecule has 2 amide bonds. The fourth-order valence-electron chi connectivity index (χ4n) is 1.88. The Kier molecular flexibility index (Phi) is 4.43. The average Bonchev–Trinajstić information content (AvgIpc) is 3.21. The van der Waals surface area contributed by atoms with E-state index in [-0.39, 0.29) is 24.4 Å². The number of halogens is 1. The van der Waals surface area contributed by atoms with E-state index >= 15 is 0 Å². The van der Waals surface area contributed by atoms with Gasteiger partial charge < -0.3 is 10.6 Å². The molecule has 1 atom stereocenters. The monoisotopic (exact) mass is 280 g/mol. The first-order valence-corrected chi connectivity index (χ1v) is 6.77. The standard InChI is InChI=1S/C14H17ClN2O2/c1-9(10-2-3-10)17-13(18)8-16-14(19)11-4-6-12(15)7-5-11/h4-7,9-10H,2-3,8H2,1H3,(H,16,19)(H,17,18)/t9-/m1/s1. The number of hydrogen-bond donors (Lipinski definition) is 2. The van der Waals surface area contributed by atoms with E-state index in [9.17, 15) is 9.59 Å². The number of benzene rings is 1. The maximum atomic E-state index is 11.8. The largest absolute Gasteiger partial charge is 0.352 e. The van der Waals surface area contributed by atoms with Crippen molar-refractivity contribution in [2.45, 2.75) is 25.8 Å². The Hall–Kier alpha value is -1.55. The fraction of sp³-hybridized carbons (Fsp3) is 0.429. The second kappa shape index (κ2) is 6.06. The van der Waals surface area contributed by atoms with Crippen LogP contribution in [0.2, 0.25) is 5.02 Å². The topological polar surface area (TPSA) is 58.2 Å². The van der Waals surface area contributed by atoms with Crippen LogP contribution in [0.3, 0.4) is 0 Å². The van der Waals surface area contributed by atoms with E-state index < -0.39 is 0 Å². The summed E-state index contributed by atoms with van der Waals surface area (Å²) >= 11 is 5.74. The summed E-state index contributed by atoms with van der Waals surface area (Å²) in [5, 5.41) is 6.05. The summed E-state index contributed by atoms with van der Waals surface area (Å²) in [6.07, 6.45) is 2.36. The van der Waals surface area contributed by atoms with Crippen LogP contribution in [0.1, 0.15) is 30.1 Å². The van der Waals surface area contributed by atoms with Gasteiger partial charge in [0.05, 0.1) is 6.54 Å². The van der Waals surface area contributed by atoms with Crippen LogP contribution in [0.15, 0.2) is 24.3 Å². The van der Waals surface area contributed by atoms with Crippen molar-refractivity contribution in [3.8, 4) is 0 Å². The number of amides is 2. The number of nitrogens with one attached hydrogen (secondary N) is 2. The Bertz CT molecular complexity index is 469. The molecule has 5 heteroatoms. The molecule has 0 aromatic heterocycles. The average molecular weight is 281 g/mol. The Morgan fingerprint density at radius 3 is 2.53 bits per heavy atom. The van der Waals surface area contributed by atoms with Crippen molar-refractivity contribution >= 4 is 23.4 Å². The van der Waals surface area contributed by atoms with Gasteiger partial charge in [0.2, 0.25) is 5.91 Å². The van der Waals surface area contributed by atoms with Gasteiger partial charge in [-0.3, -0.25) is 9.59 Å². The first-order chi connectivity index (χ1) is 9.06. The summed E-state index contributed by atoms with van der Waals surface area (Å²) < 4.78 is 0. The second-order valence-corrected chi connectivity index (χ2v) is 5.32. The zero-order chi connectivity index (χ0) is 13.8. The highest BCUT2D eigenvalue weighted by molar-refractivity contribution is 6.30. The van der Waals surface area contributed by atoms with Crippen molar-refractivity contribution in [1.29, 1.82) is 0 Å². The van der Waals surface area contributed by atoms with E-state index in [1.165, 1.54) is 12.8 Å². The third-order valence-corrected chi connectivity index (χ3v) is 3.49. The van der Waals surface area contributed by atoms with Crippen LogP contribution in [0.25, 0.3) is 0 Å². The summed E-state index contributed by atoms with van der Waals surface area (Å²) in [6.45, 7) is 2.00. The Morgan fingerprint density at radius 1 is 1.32 bits per heavy atom. The van der Waals surface area contributed by atoms with Gasteiger partial charge in [0.25, 0.3) is 5.91 Å². The molecule has 1 fully saturated rings. The second-order valence-electron chi connectivity index (χ2n) is 4.88. The zero-order valence-corrected chi connectivity index (χ0v) is 11.5. The van der Waals surface area contributed by atoms with Gasteiger partial charge in [-0.05, 0) is 49.9 Å². The highest BCUT2D eigenvalue weighted by Crippen LogP contribution is 2.32. The minimum atomic E-state index is -0.272. The first kappa shape index (κ1) is 13.9. The SMILES string of the molecule is C[C@@H](NC(=O)CNC(=O)c1ccc(Cl)cc1)C1CC1. The molecule has 0 unspecified atom stereocenters. The Morgan fingerprint density at radius 2 is 1.95 bits per heavy atom. The molecule has 1 aromatic rings. The van der Waals surface area contributed by atoms with E-state index in [0.717, 1.165) is 0 Å². The van der Waals surface area contributed by atoms with Crippen LogP contribution in [0.4, 0.5) is 0 Å². The quantitative estimate of drug-likeness (QED) is 0.866. The predicted octanol–water partition coefficient (Wildman–Crippen LogP) is 1.98. The molecular weight excluding hydrogens is 264 g/mol. The van der Waals surface area contributed by atoms with Crippen LogP contribution in [0.5, 0.6) is 0 Å². The molecule has 0 heterocycles. The van der Waals surface area contributed by atoms with Crippen LogP contribution >= 0.6 is 11.6 Å². The molecule has 19 heavy (non-hydrogen) atoms. The lowest BCUT2D eigenvalue weighted by molar-refractivity contribution is -0.120. The van der Waals surface area contributed by atoms with Crippen LogP contribution in [0, 0.1) is 5.92 Å². The molecule has 0 radical (unpaired) electrons. The first-order valence-electron chi connectivity index (χ1n) is 6.39. The van der Waals surface area contributed by atoms with Crippen molar-refractivity contribution in [3.05, 3.63) is 34.9 Å². The van der Waals surface area contributed by atoms with Crippen LogP contribution in [-0.4, -0.2) is 24.4 Å². The number of rotatable bonds is 5. The minimum Gasteiger partial charge on any atom is -0.352 e. The van der Waals surface area contributed by atoms with Gasteiger partial charge in [-0.1, -0.05) is 11.6 Å². The molecule has 2 rings (SSSR count). The van der Waals surface area contributed by atoms with Crippen molar-refractivity contribution < 1.29 is 9.59 Å². The summed E-state index contributed by atoms with van der Waals surface area (Å²) in [5.41, 5.74) is 0.493. The molecule has 0 saturated heterocycles. The van der Waals surface area contributed by atoms with Gasteiger partial charge >= 0.3 is 0 Å². The summed E-state index contributed by atoms with van der Waals surface area (Å²) in [6, 6.07) is 6.74. The zero-order valence-electron chi connectivity index (χ0n) is 10.8. The maximum Gasteiger partial charge on any atom is 0.251 e. The molecule has 102 valence electrons. The van der Waals surface area contributed by atoms with Gasteiger partial charge in [-0.2, -0.15) is 0 Å². The molecule has 0 spiro atoms. The molecule has 1 saturated carbocycles. The predicted molar refractivity (Wildman–Crippen MR) is 74.1 cm³/mol. The van der Waals surface area contributed by atoms with E-state index in [1.54, 1.807) is 24.3 Å². The molecule has 1 aliphatic rings. The Balaban J connectivity index is 1.76. The van der Waals surface area contributed by atoms with Gasteiger partial charge in [0, 0.05) is 16.6 Å². The smallest absolute Gasteiger partial charge is 0.251 e. The van der Waals surface area contributed by atoms with E-state index in [1.807, 2.05) is 6.92 Å². The number of carbonyl (C=O) groups is 2. The molecule has 1 aromatic carbocycles. The fourth-order valence-corrected chi connectivity index (χ4v) is 2.01. The summed E-state index contributed by atoms with van der Waals surface area (Å²) in [4.78, 5) is 23.4. The third kappa shape index (κ3) is 4.24. The number of hydrogen-bond acceptors (Lipinski definition) is 2. The van der Waals surface area contributed by atoms with Crippen LogP contribution in [-0.2, 0) is 4.79 Å². The van der Waals surface area contributed by atoms with E-state index in [0.29, 0.717) is 16.5 Å². The lowest BCUT2D eigenvalue weighted by Crippen LogP contribution is -2.41. The highest BCUT2D eigenvalue weighted by atomic mass is 35.5. The maximum absolute atomic E-state index is 11.8.